The van der Waals surface area contributed by atoms with Crippen LogP contribution in [-0.4, -0.2) is 27.2 Å². The Morgan fingerprint density at radius 3 is 2.86 bits per heavy atom. The van der Waals surface area contributed by atoms with Gasteiger partial charge in [0.2, 0.25) is 0 Å². The van der Waals surface area contributed by atoms with Crippen LogP contribution < -0.4 is 10.6 Å². The molecule has 0 saturated carbocycles. The summed E-state index contributed by atoms with van der Waals surface area (Å²) in [6.07, 6.45) is 4.32. The average Bonchev–Trinajstić information content (AvgIpc) is 2.93. The molecule has 0 aliphatic carbocycles. The lowest BCUT2D eigenvalue weighted by molar-refractivity contribution is 0.102. The zero-order valence-electron chi connectivity index (χ0n) is 12.6. The van der Waals surface area contributed by atoms with Crippen molar-refractivity contribution in [2.75, 3.05) is 17.2 Å². The molecule has 0 atom stereocenters. The molecule has 0 saturated heterocycles. The number of aromatic nitrogens is 3. The van der Waals surface area contributed by atoms with E-state index in [2.05, 4.69) is 27.6 Å². The molecular formula is C15H21N5O. The van der Waals surface area contributed by atoms with Crippen molar-refractivity contribution in [3.63, 3.8) is 0 Å². The number of hydrogen-bond acceptors (Lipinski definition) is 4. The zero-order chi connectivity index (χ0) is 15.2. The number of hydrogen-bond donors (Lipinski definition) is 2. The van der Waals surface area contributed by atoms with Crippen LogP contribution in [0.15, 0.2) is 30.6 Å². The molecule has 6 nitrogen and oxygen atoms in total. The van der Waals surface area contributed by atoms with E-state index in [1.807, 2.05) is 13.8 Å². The predicted octanol–water partition coefficient (Wildman–Crippen LogP) is 2.93. The second-order valence-electron chi connectivity index (χ2n) is 5.04. The third-order valence-electron chi connectivity index (χ3n) is 3.00. The first kappa shape index (κ1) is 15.0. The van der Waals surface area contributed by atoms with E-state index < -0.39 is 0 Å². The van der Waals surface area contributed by atoms with Gasteiger partial charge in [0.05, 0.1) is 11.8 Å². The molecule has 2 aromatic rings. The standard InChI is InChI=1S/C15H21N5O/c1-4-8-16-14-12(6-5-9-17-14)15(21)19-13-7-10-18-20(13)11(2)3/h5-7,9-11H,4,8H2,1-3H3,(H,16,17)(H,19,21). The number of anilines is 2. The summed E-state index contributed by atoms with van der Waals surface area (Å²) in [6, 6.07) is 5.48. The number of rotatable bonds is 6. The Bertz CT molecular complexity index is 606. The maximum Gasteiger partial charge on any atom is 0.260 e. The van der Waals surface area contributed by atoms with Crippen molar-refractivity contribution in [2.24, 2.45) is 0 Å². The molecule has 0 aliphatic rings. The largest absolute Gasteiger partial charge is 0.369 e. The van der Waals surface area contributed by atoms with Gasteiger partial charge < -0.3 is 10.6 Å². The minimum absolute atomic E-state index is 0.182. The molecule has 21 heavy (non-hydrogen) atoms. The summed E-state index contributed by atoms with van der Waals surface area (Å²) >= 11 is 0. The molecule has 2 rings (SSSR count). The SMILES string of the molecule is CCCNc1ncccc1C(=O)Nc1ccnn1C(C)C. The van der Waals surface area contributed by atoms with Crippen molar-refractivity contribution < 1.29 is 4.79 Å². The van der Waals surface area contributed by atoms with Gasteiger partial charge in [-0.15, -0.1) is 0 Å². The van der Waals surface area contributed by atoms with E-state index in [0.29, 0.717) is 17.2 Å². The van der Waals surface area contributed by atoms with Crippen LogP contribution in [0.5, 0.6) is 0 Å². The van der Waals surface area contributed by atoms with E-state index in [0.717, 1.165) is 13.0 Å². The van der Waals surface area contributed by atoms with Crippen LogP contribution in [0, 0.1) is 0 Å². The number of carbonyl (C=O) groups excluding carboxylic acids is 1. The van der Waals surface area contributed by atoms with E-state index in [9.17, 15) is 4.79 Å². The molecule has 6 heteroatoms. The van der Waals surface area contributed by atoms with Crippen molar-refractivity contribution in [3.05, 3.63) is 36.2 Å². The number of carbonyl (C=O) groups is 1. The first-order chi connectivity index (χ1) is 10.1. The highest BCUT2D eigenvalue weighted by molar-refractivity contribution is 6.07. The molecule has 2 N–H and O–H groups in total. The first-order valence-electron chi connectivity index (χ1n) is 7.17. The van der Waals surface area contributed by atoms with Crippen LogP contribution in [-0.2, 0) is 0 Å². The highest BCUT2D eigenvalue weighted by Crippen LogP contribution is 2.17. The topological polar surface area (TPSA) is 71.8 Å². The van der Waals surface area contributed by atoms with Crippen LogP contribution in [0.3, 0.4) is 0 Å². The Hall–Kier alpha value is -2.37. The fraction of sp³-hybridized carbons (Fsp3) is 0.400. The number of amides is 1. The molecule has 0 unspecified atom stereocenters. The Kier molecular flexibility index (Phi) is 4.92. The summed E-state index contributed by atoms with van der Waals surface area (Å²) < 4.78 is 1.77. The monoisotopic (exact) mass is 287 g/mol. The van der Waals surface area contributed by atoms with Gasteiger partial charge in [0.25, 0.3) is 5.91 Å². The number of pyridine rings is 1. The molecule has 0 radical (unpaired) electrons. The summed E-state index contributed by atoms with van der Waals surface area (Å²) in [5, 5.41) is 10.3. The smallest absolute Gasteiger partial charge is 0.260 e. The molecule has 0 bridgehead atoms. The third-order valence-corrected chi connectivity index (χ3v) is 3.00. The van der Waals surface area contributed by atoms with Gasteiger partial charge in [0, 0.05) is 24.8 Å². The van der Waals surface area contributed by atoms with Gasteiger partial charge in [-0.1, -0.05) is 6.92 Å². The lowest BCUT2D eigenvalue weighted by Crippen LogP contribution is -2.19. The molecule has 0 aromatic carbocycles. The summed E-state index contributed by atoms with van der Waals surface area (Å²) in [6.45, 7) is 6.88. The normalized spacial score (nSPS) is 10.7. The zero-order valence-corrected chi connectivity index (χ0v) is 12.6. The lowest BCUT2D eigenvalue weighted by atomic mass is 10.2. The molecular weight excluding hydrogens is 266 g/mol. The molecule has 112 valence electrons. The predicted molar refractivity (Wildman–Crippen MR) is 83.6 cm³/mol. The minimum atomic E-state index is -0.191. The molecule has 1 amide bonds. The van der Waals surface area contributed by atoms with Crippen LogP contribution >= 0.6 is 0 Å². The Balaban J connectivity index is 2.18. The fourth-order valence-electron chi connectivity index (χ4n) is 1.98. The molecule has 2 aromatic heterocycles. The first-order valence-corrected chi connectivity index (χ1v) is 7.17. The summed E-state index contributed by atoms with van der Waals surface area (Å²) in [4.78, 5) is 16.7. The van der Waals surface area contributed by atoms with Crippen molar-refractivity contribution in [1.82, 2.24) is 14.8 Å². The van der Waals surface area contributed by atoms with Crippen molar-refractivity contribution in [1.29, 1.82) is 0 Å². The minimum Gasteiger partial charge on any atom is -0.369 e. The highest BCUT2D eigenvalue weighted by atomic mass is 16.1. The second kappa shape index (κ2) is 6.88. The van der Waals surface area contributed by atoms with Gasteiger partial charge in [-0.05, 0) is 32.4 Å². The summed E-state index contributed by atoms with van der Waals surface area (Å²) in [5.41, 5.74) is 0.530. The van der Waals surface area contributed by atoms with E-state index in [4.69, 9.17) is 0 Å². The maximum absolute atomic E-state index is 12.4. The lowest BCUT2D eigenvalue weighted by Gasteiger charge is -2.13. The van der Waals surface area contributed by atoms with E-state index in [1.54, 1.807) is 35.3 Å². The quantitative estimate of drug-likeness (QED) is 0.857. The van der Waals surface area contributed by atoms with E-state index >= 15 is 0 Å². The average molecular weight is 287 g/mol. The van der Waals surface area contributed by atoms with Crippen molar-refractivity contribution >= 4 is 17.5 Å². The number of nitrogens with one attached hydrogen (secondary N) is 2. The molecule has 0 aliphatic heterocycles. The van der Waals surface area contributed by atoms with Gasteiger partial charge in [-0.25, -0.2) is 9.67 Å². The van der Waals surface area contributed by atoms with Crippen LogP contribution in [0.4, 0.5) is 11.6 Å². The van der Waals surface area contributed by atoms with Gasteiger partial charge >= 0.3 is 0 Å². The van der Waals surface area contributed by atoms with Crippen molar-refractivity contribution in [3.8, 4) is 0 Å². The Morgan fingerprint density at radius 1 is 1.33 bits per heavy atom. The number of nitrogens with zero attached hydrogens (tertiary/aromatic N) is 3. The summed E-state index contributed by atoms with van der Waals surface area (Å²) in [5.74, 6) is 1.09. The third kappa shape index (κ3) is 3.59. The van der Waals surface area contributed by atoms with Crippen LogP contribution in [0.1, 0.15) is 43.6 Å². The Labute approximate surface area is 124 Å². The fourth-order valence-corrected chi connectivity index (χ4v) is 1.98. The van der Waals surface area contributed by atoms with Gasteiger partial charge in [-0.3, -0.25) is 4.79 Å². The molecule has 2 heterocycles. The van der Waals surface area contributed by atoms with Gasteiger partial charge in [-0.2, -0.15) is 5.10 Å². The Morgan fingerprint density at radius 2 is 2.14 bits per heavy atom. The van der Waals surface area contributed by atoms with E-state index in [-0.39, 0.29) is 11.9 Å². The molecule has 0 fully saturated rings. The van der Waals surface area contributed by atoms with Crippen molar-refractivity contribution in [2.45, 2.75) is 33.2 Å². The highest BCUT2D eigenvalue weighted by Gasteiger charge is 2.14. The molecule has 0 spiro atoms. The van der Waals surface area contributed by atoms with Gasteiger partial charge in [0.1, 0.15) is 11.6 Å². The summed E-state index contributed by atoms with van der Waals surface area (Å²) in [7, 11) is 0. The van der Waals surface area contributed by atoms with Crippen LogP contribution in [0.25, 0.3) is 0 Å². The van der Waals surface area contributed by atoms with Crippen LogP contribution in [0.2, 0.25) is 0 Å². The maximum atomic E-state index is 12.4. The van der Waals surface area contributed by atoms with Gasteiger partial charge in [0.15, 0.2) is 0 Å². The van der Waals surface area contributed by atoms with E-state index in [1.165, 1.54) is 0 Å². The second-order valence-corrected chi connectivity index (χ2v) is 5.04.